The second-order valence-corrected chi connectivity index (χ2v) is 3.37. The van der Waals surface area contributed by atoms with Gasteiger partial charge < -0.3 is 10.5 Å². The van der Waals surface area contributed by atoms with Crippen LogP contribution in [0.15, 0.2) is 24.3 Å². The zero-order chi connectivity index (χ0) is 10.4. The van der Waals surface area contributed by atoms with Gasteiger partial charge in [-0.2, -0.15) is 0 Å². The maximum absolute atomic E-state index is 6.06. The van der Waals surface area contributed by atoms with Crippen LogP contribution in [-0.4, -0.2) is 6.61 Å². The van der Waals surface area contributed by atoms with E-state index in [2.05, 4.69) is 6.92 Å². The van der Waals surface area contributed by atoms with E-state index >= 15 is 0 Å². The molecule has 0 aromatic heterocycles. The number of benzene rings is 1. The van der Waals surface area contributed by atoms with Crippen molar-refractivity contribution in [2.24, 2.45) is 5.73 Å². The van der Waals surface area contributed by atoms with Crippen LogP contribution in [-0.2, 0) is 0 Å². The summed E-state index contributed by atoms with van der Waals surface area (Å²) in [4.78, 5) is 0. The lowest BCUT2D eigenvalue weighted by atomic mass is 10.0. The molecule has 0 heterocycles. The number of nitrogens with two attached hydrogens (primary N) is 1. The lowest BCUT2D eigenvalue weighted by molar-refractivity contribution is 0.333. The molecule has 0 bridgehead atoms. The zero-order valence-corrected chi connectivity index (χ0v) is 10.2. The van der Waals surface area contributed by atoms with Crippen molar-refractivity contribution >= 4 is 12.4 Å². The second-order valence-electron chi connectivity index (χ2n) is 3.37. The van der Waals surface area contributed by atoms with E-state index in [1.54, 1.807) is 0 Å². The first kappa shape index (κ1) is 14.3. The third-order valence-corrected chi connectivity index (χ3v) is 2.22. The predicted octanol–water partition coefficient (Wildman–Crippen LogP) is 3.31. The molecule has 0 amide bonds. The summed E-state index contributed by atoms with van der Waals surface area (Å²) in [5.41, 5.74) is 7.18. The minimum Gasteiger partial charge on any atom is -0.494 e. The molecule has 1 atom stereocenters. The van der Waals surface area contributed by atoms with Crippen LogP contribution in [0.3, 0.4) is 0 Å². The third kappa shape index (κ3) is 4.10. The van der Waals surface area contributed by atoms with Crippen LogP contribution in [0.4, 0.5) is 0 Å². The van der Waals surface area contributed by atoms with Crippen LogP contribution in [0.1, 0.15) is 38.3 Å². The topological polar surface area (TPSA) is 35.2 Å². The van der Waals surface area contributed by atoms with E-state index in [-0.39, 0.29) is 18.4 Å². The number of rotatable bonds is 5. The zero-order valence-electron chi connectivity index (χ0n) is 9.40. The van der Waals surface area contributed by atoms with E-state index in [1.807, 2.05) is 31.2 Å². The highest BCUT2D eigenvalue weighted by molar-refractivity contribution is 5.85. The second kappa shape index (κ2) is 7.55. The van der Waals surface area contributed by atoms with Gasteiger partial charge in [0.25, 0.3) is 0 Å². The van der Waals surface area contributed by atoms with Gasteiger partial charge in [0.2, 0.25) is 0 Å². The monoisotopic (exact) mass is 229 g/mol. The molecule has 0 aliphatic carbocycles. The fraction of sp³-hybridized carbons (Fsp3) is 0.500. The summed E-state index contributed by atoms with van der Waals surface area (Å²) in [6, 6.07) is 8.11. The Balaban J connectivity index is 0.00000196. The molecule has 0 unspecified atom stereocenters. The highest BCUT2D eigenvalue weighted by Gasteiger charge is 2.09. The maximum Gasteiger partial charge on any atom is 0.124 e. The van der Waals surface area contributed by atoms with Gasteiger partial charge in [0, 0.05) is 11.6 Å². The molecule has 0 saturated carbocycles. The summed E-state index contributed by atoms with van der Waals surface area (Å²) in [6.07, 6.45) is 2.10. The molecule has 2 nitrogen and oxygen atoms in total. The normalized spacial score (nSPS) is 11.7. The van der Waals surface area contributed by atoms with Crippen LogP contribution in [0, 0.1) is 0 Å². The molecule has 3 heteroatoms. The Kier molecular flexibility index (Phi) is 7.18. The van der Waals surface area contributed by atoms with Gasteiger partial charge in [-0.15, -0.1) is 12.4 Å². The summed E-state index contributed by atoms with van der Waals surface area (Å²) >= 11 is 0. The van der Waals surface area contributed by atoms with Gasteiger partial charge in [-0.25, -0.2) is 0 Å². The van der Waals surface area contributed by atoms with E-state index in [0.717, 1.165) is 24.2 Å². The SMILES string of the molecule is CCC[C@H](N)c1ccccc1OCC.Cl. The van der Waals surface area contributed by atoms with Crippen molar-refractivity contribution in [1.82, 2.24) is 0 Å². The van der Waals surface area contributed by atoms with Crippen LogP contribution < -0.4 is 10.5 Å². The van der Waals surface area contributed by atoms with Crippen molar-refractivity contribution in [3.05, 3.63) is 29.8 Å². The molecular weight excluding hydrogens is 210 g/mol. The molecule has 0 aliphatic rings. The van der Waals surface area contributed by atoms with Gasteiger partial charge in [0.15, 0.2) is 0 Å². The highest BCUT2D eigenvalue weighted by Crippen LogP contribution is 2.26. The summed E-state index contributed by atoms with van der Waals surface area (Å²) in [5, 5.41) is 0. The van der Waals surface area contributed by atoms with Gasteiger partial charge in [0.1, 0.15) is 5.75 Å². The first-order valence-electron chi connectivity index (χ1n) is 5.26. The van der Waals surface area contributed by atoms with Crippen LogP contribution >= 0.6 is 12.4 Å². The summed E-state index contributed by atoms with van der Waals surface area (Å²) in [5.74, 6) is 0.927. The fourth-order valence-electron chi connectivity index (χ4n) is 1.54. The molecule has 0 fully saturated rings. The van der Waals surface area contributed by atoms with Crippen molar-refractivity contribution in [3.63, 3.8) is 0 Å². The van der Waals surface area contributed by atoms with Gasteiger partial charge in [-0.3, -0.25) is 0 Å². The lowest BCUT2D eigenvalue weighted by Gasteiger charge is -2.15. The Morgan fingerprint density at radius 1 is 1.27 bits per heavy atom. The van der Waals surface area contributed by atoms with E-state index in [1.165, 1.54) is 0 Å². The number of hydrogen-bond donors (Lipinski definition) is 1. The quantitative estimate of drug-likeness (QED) is 0.841. The van der Waals surface area contributed by atoms with Gasteiger partial charge in [0.05, 0.1) is 6.61 Å². The number of hydrogen-bond acceptors (Lipinski definition) is 2. The smallest absolute Gasteiger partial charge is 0.124 e. The fourth-order valence-corrected chi connectivity index (χ4v) is 1.54. The molecule has 1 aromatic carbocycles. The minimum absolute atomic E-state index is 0. The number of halogens is 1. The first-order valence-corrected chi connectivity index (χ1v) is 5.26. The molecule has 0 spiro atoms. The largest absolute Gasteiger partial charge is 0.494 e. The molecule has 86 valence electrons. The molecule has 0 aliphatic heterocycles. The standard InChI is InChI=1S/C12H19NO.ClH/c1-3-7-11(13)10-8-5-6-9-12(10)14-4-2;/h5-6,8-9,11H,3-4,7,13H2,1-2H3;1H/t11-;/m0./s1. The predicted molar refractivity (Wildman–Crippen MR) is 66.7 cm³/mol. The highest BCUT2D eigenvalue weighted by atomic mass is 35.5. The minimum atomic E-state index is 0. The van der Waals surface area contributed by atoms with Crippen molar-refractivity contribution in [2.75, 3.05) is 6.61 Å². The Hall–Kier alpha value is -0.730. The van der Waals surface area contributed by atoms with Crippen molar-refractivity contribution in [1.29, 1.82) is 0 Å². The molecule has 1 aromatic rings. The van der Waals surface area contributed by atoms with E-state index in [0.29, 0.717) is 6.61 Å². The van der Waals surface area contributed by atoms with Gasteiger partial charge >= 0.3 is 0 Å². The summed E-state index contributed by atoms with van der Waals surface area (Å²) in [7, 11) is 0. The van der Waals surface area contributed by atoms with Crippen LogP contribution in [0.25, 0.3) is 0 Å². The first-order chi connectivity index (χ1) is 6.79. The van der Waals surface area contributed by atoms with Gasteiger partial charge in [-0.1, -0.05) is 31.5 Å². The molecule has 1 rings (SSSR count). The average molecular weight is 230 g/mol. The number of para-hydroxylation sites is 1. The van der Waals surface area contributed by atoms with Gasteiger partial charge in [-0.05, 0) is 19.4 Å². The lowest BCUT2D eigenvalue weighted by Crippen LogP contribution is -2.11. The molecule has 15 heavy (non-hydrogen) atoms. The maximum atomic E-state index is 6.06. The molecule has 0 radical (unpaired) electrons. The Labute approximate surface area is 98.2 Å². The summed E-state index contributed by atoms with van der Waals surface area (Å²) < 4.78 is 5.52. The molecule has 2 N–H and O–H groups in total. The van der Waals surface area contributed by atoms with Crippen LogP contribution in [0.5, 0.6) is 5.75 Å². The Morgan fingerprint density at radius 2 is 1.93 bits per heavy atom. The summed E-state index contributed by atoms with van der Waals surface area (Å²) in [6.45, 7) is 4.82. The third-order valence-electron chi connectivity index (χ3n) is 2.22. The molecular formula is C12H20ClNO. The Bertz CT molecular complexity index is 278. The van der Waals surface area contributed by atoms with Crippen molar-refractivity contribution in [3.8, 4) is 5.75 Å². The van der Waals surface area contributed by atoms with E-state index < -0.39 is 0 Å². The number of ether oxygens (including phenoxy) is 1. The molecule has 0 saturated heterocycles. The van der Waals surface area contributed by atoms with E-state index in [4.69, 9.17) is 10.5 Å². The van der Waals surface area contributed by atoms with Crippen LogP contribution in [0.2, 0.25) is 0 Å². The van der Waals surface area contributed by atoms with E-state index in [9.17, 15) is 0 Å². The average Bonchev–Trinajstić information content (AvgIpc) is 2.19. The van der Waals surface area contributed by atoms with Crippen molar-refractivity contribution < 1.29 is 4.74 Å². The Morgan fingerprint density at radius 3 is 2.53 bits per heavy atom. The van der Waals surface area contributed by atoms with Crippen molar-refractivity contribution in [2.45, 2.75) is 32.7 Å².